The van der Waals surface area contributed by atoms with Crippen LogP contribution in [0, 0.1) is 0 Å². The summed E-state index contributed by atoms with van der Waals surface area (Å²) in [5.74, 6) is 1.26. The molecule has 0 fully saturated rings. The minimum absolute atomic E-state index is 0.0315. The highest BCUT2D eigenvalue weighted by Gasteiger charge is 2.32. The van der Waals surface area contributed by atoms with Gasteiger partial charge < -0.3 is 15.2 Å². The molecule has 1 atom stereocenters. The van der Waals surface area contributed by atoms with Crippen LogP contribution >= 0.6 is 11.3 Å². The van der Waals surface area contributed by atoms with Gasteiger partial charge in [0.05, 0.1) is 13.1 Å². The molecule has 3 rings (SSSR count). The van der Waals surface area contributed by atoms with E-state index >= 15 is 0 Å². The maximum Gasteiger partial charge on any atom is 0.243 e. The summed E-state index contributed by atoms with van der Waals surface area (Å²) in [5.41, 5.74) is 0. The Hall–Kier alpha value is -2.22. The third-order valence-electron chi connectivity index (χ3n) is 3.61. The largest absolute Gasteiger partial charge is 0.349 e. The van der Waals surface area contributed by atoms with E-state index in [0.717, 1.165) is 17.1 Å². The quantitative estimate of drug-likeness (QED) is 0.852. The first-order valence-corrected chi connectivity index (χ1v) is 8.00. The van der Waals surface area contributed by atoms with Crippen LogP contribution in [-0.4, -0.2) is 26.6 Å². The Balaban J connectivity index is 1.68. The van der Waals surface area contributed by atoms with Gasteiger partial charge in [0.25, 0.3) is 0 Å². The van der Waals surface area contributed by atoms with Gasteiger partial charge in [-0.3, -0.25) is 9.59 Å². The molecule has 0 spiro atoms. The molecule has 2 N–H and O–H groups in total. The fourth-order valence-corrected chi connectivity index (χ4v) is 3.21. The minimum Gasteiger partial charge on any atom is -0.349 e. The van der Waals surface area contributed by atoms with Crippen LogP contribution in [0.1, 0.15) is 35.9 Å². The molecule has 3 heterocycles. The summed E-state index contributed by atoms with van der Waals surface area (Å²) in [4.78, 5) is 24.6. The highest BCUT2D eigenvalue weighted by atomic mass is 32.1. The van der Waals surface area contributed by atoms with Crippen LogP contribution in [0.4, 0.5) is 0 Å². The molecule has 0 radical (unpaired) electrons. The van der Waals surface area contributed by atoms with Gasteiger partial charge in [-0.05, 0) is 17.9 Å². The number of hydrogen-bond donors (Lipinski definition) is 2. The molecule has 1 aliphatic heterocycles. The first-order valence-electron chi connectivity index (χ1n) is 7.12. The lowest BCUT2D eigenvalue weighted by molar-refractivity contribution is -0.124. The monoisotopic (exact) mass is 319 g/mol. The van der Waals surface area contributed by atoms with Gasteiger partial charge in [-0.1, -0.05) is 6.07 Å². The van der Waals surface area contributed by atoms with Crippen LogP contribution in [0.15, 0.2) is 17.5 Å². The van der Waals surface area contributed by atoms with E-state index in [-0.39, 0.29) is 24.4 Å². The summed E-state index contributed by atoms with van der Waals surface area (Å²) in [7, 11) is 0. The summed E-state index contributed by atoms with van der Waals surface area (Å²) in [5, 5.41) is 15.8. The number of aromatic nitrogens is 3. The molecule has 8 heteroatoms. The summed E-state index contributed by atoms with van der Waals surface area (Å²) in [6.45, 7) is 2.27. The topological polar surface area (TPSA) is 88.9 Å². The zero-order chi connectivity index (χ0) is 15.5. The van der Waals surface area contributed by atoms with Crippen molar-refractivity contribution in [3.8, 4) is 0 Å². The van der Waals surface area contributed by atoms with E-state index < -0.39 is 0 Å². The van der Waals surface area contributed by atoms with Gasteiger partial charge in [0.2, 0.25) is 11.8 Å². The van der Waals surface area contributed by atoms with Gasteiger partial charge in [-0.15, -0.1) is 21.5 Å². The fraction of sp³-hybridized carbons (Fsp3) is 0.429. The molecule has 0 bridgehead atoms. The third kappa shape index (κ3) is 3.01. The fourth-order valence-electron chi connectivity index (χ4n) is 2.56. The molecule has 2 aromatic heterocycles. The van der Waals surface area contributed by atoms with E-state index in [4.69, 9.17) is 0 Å². The third-order valence-corrected chi connectivity index (χ3v) is 4.48. The van der Waals surface area contributed by atoms with E-state index in [2.05, 4.69) is 20.8 Å². The Morgan fingerprint density at radius 3 is 2.95 bits per heavy atom. The Kier molecular flexibility index (Phi) is 4.19. The van der Waals surface area contributed by atoms with Crippen molar-refractivity contribution in [2.24, 2.45) is 0 Å². The molecular formula is C14H17N5O2S. The van der Waals surface area contributed by atoms with E-state index in [1.165, 1.54) is 6.92 Å². The summed E-state index contributed by atoms with van der Waals surface area (Å²) in [6.07, 6.45) is 1.44. The number of fused-ring (bicyclic) bond motifs is 1. The van der Waals surface area contributed by atoms with Crippen molar-refractivity contribution in [3.63, 3.8) is 0 Å². The highest BCUT2D eigenvalue weighted by molar-refractivity contribution is 7.09. The zero-order valence-electron chi connectivity index (χ0n) is 12.2. The average Bonchev–Trinajstić information content (AvgIpc) is 3.20. The molecule has 22 heavy (non-hydrogen) atoms. The van der Waals surface area contributed by atoms with Gasteiger partial charge in [0.1, 0.15) is 11.9 Å². The Morgan fingerprint density at radius 2 is 2.23 bits per heavy atom. The summed E-state index contributed by atoms with van der Waals surface area (Å²) < 4.78 is 1.85. The number of rotatable bonds is 5. The van der Waals surface area contributed by atoms with Gasteiger partial charge in [-0.2, -0.15) is 0 Å². The van der Waals surface area contributed by atoms with Crippen molar-refractivity contribution in [2.75, 3.05) is 0 Å². The number of amides is 2. The summed E-state index contributed by atoms with van der Waals surface area (Å²) >= 11 is 1.62. The van der Waals surface area contributed by atoms with Gasteiger partial charge in [0, 0.05) is 18.2 Å². The minimum atomic E-state index is -0.297. The molecule has 2 amide bonds. The Morgan fingerprint density at radius 1 is 1.36 bits per heavy atom. The molecule has 7 nitrogen and oxygen atoms in total. The lowest BCUT2D eigenvalue weighted by atomic mass is 10.2. The number of carbonyl (C=O) groups excluding carboxylic acids is 2. The van der Waals surface area contributed by atoms with E-state index in [0.29, 0.717) is 18.8 Å². The lowest BCUT2D eigenvalue weighted by Crippen LogP contribution is -2.32. The number of aryl methyl sites for hydroxylation is 1. The van der Waals surface area contributed by atoms with Crippen molar-refractivity contribution in [1.82, 2.24) is 25.4 Å². The Labute approximate surface area is 131 Å². The molecule has 0 aromatic carbocycles. The van der Waals surface area contributed by atoms with Crippen LogP contribution in [0.2, 0.25) is 0 Å². The van der Waals surface area contributed by atoms with Crippen LogP contribution in [0.25, 0.3) is 0 Å². The normalized spacial score (nSPS) is 16.3. The second-order valence-electron chi connectivity index (χ2n) is 5.16. The number of hydrogen-bond acceptors (Lipinski definition) is 5. The first kappa shape index (κ1) is 14.7. The van der Waals surface area contributed by atoms with Gasteiger partial charge in [0.15, 0.2) is 5.82 Å². The smallest absolute Gasteiger partial charge is 0.243 e. The van der Waals surface area contributed by atoms with Crippen LogP contribution < -0.4 is 10.6 Å². The average molecular weight is 319 g/mol. The van der Waals surface area contributed by atoms with Crippen molar-refractivity contribution in [3.05, 3.63) is 34.0 Å². The Bertz CT molecular complexity index is 679. The van der Waals surface area contributed by atoms with E-state index in [1.807, 2.05) is 22.1 Å². The van der Waals surface area contributed by atoms with Crippen molar-refractivity contribution in [2.45, 2.75) is 38.9 Å². The predicted octanol–water partition coefficient (Wildman–Crippen LogP) is 0.779. The second-order valence-corrected chi connectivity index (χ2v) is 6.20. The molecular weight excluding hydrogens is 302 g/mol. The molecule has 2 aromatic rings. The number of nitrogens with one attached hydrogen (secondary N) is 2. The first-order chi connectivity index (χ1) is 10.6. The maximum atomic E-state index is 12.4. The van der Waals surface area contributed by atoms with Gasteiger partial charge >= 0.3 is 0 Å². The van der Waals surface area contributed by atoms with Crippen LogP contribution in [-0.2, 0) is 29.1 Å². The predicted molar refractivity (Wildman–Crippen MR) is 81.1 cm³/mol. The molecule has 0 saturated carbocycles. The molecule has 0 aliphatic carbocycles. The van der Waals surface area contributed by atoms with E-state index in [9.17, 15) is 9.59 Å². The number of thiophene rings is 1. The van der Waals surface area contributed by atoms with Gasteiger partial charge in [-0.25, -0.2) is 0 Å². The van der Waals surface area contributed by atoms with E-state index in [1.54, 1.807) is 11.3 Å². The van der Waals surface area contributed by atoms with Crippen LogP contribution in [0.5, 0.6) is 0 Å². The van der Waals surface area contributed by atoms with Crippen molar-refractivity contribution < 1.29 is 9.59 Å². The molecule has 116 valence electrons. The maximum absolute atomic E-state index is 12.4. The van der Waals surface area contributed by atoms with Crippen molar-refractivity contribution in [1.29, 1.82) is 0 Å². The summed E-state index contributed by atoms with van der Waals surface area (Å²) in [6, 6.07) is 3.66. The zero-order valence-corrected chi connectivity index (χ0v) is 13.0. The molecule has 0 saturated heterocycles. The van der Waals surface area contributed by atoms with Crippen LogP contribution in [0.3, 0.4) is 0 Å². The number of nitrogens with zero attached hydrogens (tertiary/aromatic N) is 3. The molecule has 1 unspecified atom stereocenters. The SMILES string of the molecule is CC(=O)NCc1nnc2n1C(C(=O)NCc1cccs1)CC2. The van der Waals surface area contributed by atoms with Crippen molar-refractivity contribution >= 4 is 23.2 Å². The molecule has 1 aliphatic rings. The standard InChI is InChI=1S/C14H17N5O2S/c1-9(20)15-8-13-18-17-12-5-4-11(19(12)13)14(21)16-7-10-3-2-6-22-10/h2-3,6,11H,4-5,7-8H2,1H3,(H,15,20)(H,16,21). The second kappa shape index (κ2) is 6.27. The highest BCUT2D eigenvalue weighted by Crippen LogP contribution is 2.26. The lowest BCUT2D eigenvalue weighted by Gasteiger charge is -2.15. The number of carbonyl (C=O) groups is 2.